The molecule has 0 aromatic heterocycles. The highest BCUT2D eigenvalue weighted by Gasteiger charge is 2.49. The Kier molecular flexibility index (Phi) is 6.75. The smallest absolute Gasteiger partial charge is 0.323 e. The first-order valence-corrected chi connectivity index (χ1v) is 12.7. The Labute approximate surface area is 217 Å². The number of benzene rings is 1. The Hall–Kier alpha value is -2.80. The Bertz CT molecular complexity index is 1150. The number of aliphatic carboxylic acids is 1. The second-order valence-corrected chi connectivity index (χ2v) is 11.9. The van der Waals surface area contributed by atoms with Crippen molar-refractivity contribution < 1.29 is 29.0 Å². The van der Waals surface area contributed by atoms with Crippen LogP contribution in [0.4, 0.5) is 0 Å². The van der Waals surface area contributed by atoms with E-state index in [1.54, 1.807) is 17.0 Å². The molecule has 2 aliphatic carbocycles. The highest BCUT2D eigenvalue weighted by atomic mass is 35.5. The lowest BCUT2D eigenvalue weighted by molar-refractivity contribution is -0.138. The number of carbonyl (C=O) groups is 3. The second-order valence-electron chi connectivity index (χ2n) is 11.5. The first-order valence-electron chi connectivity index (χ1n) is 12.3. The summed E-state index contributed by atoms with van der Waals surface area (Å²) >= 11 is 6.63. The van der Waals surface area contributed by atoms with Crippen molar-refractivity contribution in [3.8, 4) is 11.5 Å². The van der Waals surface area contributed by atoms with Crippen LogP contribution < -0.4 is 9.47 Å². The summed E-state index contributed by atoms with van der Waals surface area (Å²) in [5.74, 6) is -0.975. The normalized spacial score (nSPS) is 21.4. The van der Waals surface area contributed by atoms with Crippen molar-refractivity contribution >= 4 is 29.1 Å². The zero-order valence-corrected chi connectivity index (χ0v) is 22.5. The van der Waals surface area contributed by atoms with Gasteiger partial charge in [0.25, 0.3) is 0 Å². The Morgan fingerprint density at radius 3 is 2.00 bits per heavy atom. The Morgan fingerprint density at radius 1 is 1.03 bits per heavy atom. The Morgan fingerprint density at radius 2 is 1.56 bits per heavy atom. The molecule has 0 radical (unpaired) electrons. The van der Waals surface area contributed by atoms with E-state index in [1.165, 1.54) is 7.11 Å². The average molecular weight is 516 g/mol. The van der Waals surface area contributed by atoms with Gasteiger partial charge in [-0.15, -0.1) is 0 Å². The maximum absolute atomic E-state index is 13.7. The number of nitrogens with zero attached hydrogens (tertiary/aromatic N) is 1. The number of hydrogen-bond donors (Lipinski definition) is 1. The summed E-state index contributed by atoms with van der Waals surface area (Å²) < 4.78 is 11.3. The minimum atomic E-state index is -1.01. The fourth-order valence-electron chi connectivity index (χ4n) is 5.90. The number of ketones is 2. The van der Waals surface area contributed by atoms with Gasteiger partial charge in [0.2, 0.25) is 0 Å². The van der Waals surface area contributed by atoms with Crippen molar-refractivity contribution in [3.63, 3.8) is 0 Å². The van der Waals surface area contributed by atoms with Crippen LogP contribution in [0.25, 0.3) is 0 Å². The van der Waals surface area contributed by atoms with Crippen molar-refractivity contribution in [1.82, 2.24) is 4.90 Å². The summed E-state index contributed by atoms with van der Waals surface area (Å²) in [5, 5.41) is 10.1. The molecule has 0 amide bonds. The molecule has 7 nitrogen and oxygen atoms in total. The highest BCUT2D eigenvalue weighted by Crippen LogP contribution is 2.55. The molecule has 0 atom stereocenters. The number of rotatable bonds is 6. The van der Waals surface area contributed by atoms with Crippen LogP contribution in [-0.2, 0) is 14.4 Å². The third-order valence-corrected chi connectivity index (χ3v) is 7.47. The fraction of sp³-hybridized carbons (Fsp3) is 0.536. The molecule has 1 heterocycles. The van der Waals surface area contributed by atoms with Gasteiger partial charge >= 0.3 is 5.97 Å². The number of methoxy groups -OCH3 is 1. The average Bonchev–Trinajstić information content (AvgIpc) is 2.74. The van der Waals surface area contributed by atoms with Gasteiger partial charge in [-0.2, -0.15) is 0 Å². The van der Waals surface area contributed by atoms with Crippen LogP contribution in [0, 0.1) is 10.8 Å². The van der Waals surface area contributed by atoms with E-state index in [1.807, 2.05) is 34.6 Å². The van der Waals surface area contributed by atoms with Gasteiger partial charge < -0.3 is 19.5 Å². The van der Waals surface area contributed by atoms with E-state index in [4.69, 9.17) is 21.1 Å². The van der Waals surface area contributed by atoms with Gasteiger partial charge in [-0.25, -0.2) is 0 Å². The third kappa shape index (κ3) is 4.65. The number of allylic oxidation sites excluding steroid dienone is 4. The summed E-state index contributed by atoms with van der Waals surface area (Å²) in [6.45, 7) is 10.00. The second kappa shape index (κ2) is 9.25. The molecule has 1 aromatic carbocycles. The van der Waals surface area contributed by atoms with E-state index in [0.29, 0.717) is 76.9 Å². The maximum atomic E-state index is 13.7. The zero-order chi connectivity index (χ0) is 26.6. The summed E-state index contributed by atoms with van der Waals surface area (Å²) in [7, 11) is 1.52. The molecular formula is C28H34ClNO6. The van der Waals surface area contributed by atoms with Crippen LogP contribution in [0.15, 0.2) is 34.7 Å². The molecule has 0 bridgehead atoms. The van der Waals surface area contributed by atoms with E-state index in [2.05, 4.69) is 0 Å². The fourth-order valence-corrected chi connectivity index (χ4v) is 6.17. The van der Waals surface area contributed by atoms with E-state index >= 15 is 0 Å². The van der Waals surface area contributed by atoms with Crippen LogP contribution in [0.3, 0.4) is 0 Å². The molecule has 4 rings (SSSR count). The van der Waals surface area contributed by atoms with Crippen molar-refractivity contribution in [2.24, 2.45) is 10.8 Å². The molecule has 36 heavy (non-hydrogen) atoms. The molecule has 1 N–H and O–H groups in total. The molecule has 0 spiro atoms. The first kappa shape index (κ1) is 26.3. The molecule has 0 fully saturated rings. The number of carboxylic acid groups (broad SMARTS) is 1. The van der Waals surface area contributed by atoms with Crippen molar-refractivity contribution in [1.29, 1.82) is 0 Å². The monoisotopic (exact) mass is 515 g/mol. The molecule has 0 saturated heterocycles. The van der Waals surface area contributed by atoms with Gasteiger partial charge in [0, 0.05) is 41.3 Å². The number of ether oxygens (including phenoxy) is 2. The van der Waals surface area contributed by atoms with Crippen LogP contribution in [0.1, 0.15) is 71.8 Å². The summed E-state index contributed by atoms with van der Waals surface area (Å²) in [6.07, 6.45) is 1.69. The molecule has 8 heteroatoms. The lowest BCUT2D eigenvalue weighted by atomic mass is 9.63. The highest BCUT2D eigenvalue weighted by molar-refractivity contribution is 6.32. The number of carbonyl (C=O) groups excluding carboxylic acids is 2. The predicted octanol–water partition coefficient (Wildman–Crippen LogP) is 5.52. The SMILES string of the molecule is CCOc1c(Cl)cc(C2C3=C(CC(C)(C)CC3=O)N(CC(=O)O)C3=C2C(=O)CC(C)(C)C3)cc1OC. The lowest BCUT2D eigenvalue weighted by Gasteiger charge is -2.48. The standard InChI is InChI=1S/C28H34ClNO6/c1-7-36-26-16(29)8-15(9-21(26)35-6)23-24-17(10-27(2,3)12-19(24)31)30(14-22(33)34)18-11-28(4,5)13-20(32)25(18)23/h8-9,23H,7,10-14H2,1-6H3,(H,33,34). The summed E-state index contributed by atoms with van der Waals surface area (Å²) in [4.78, 5) is 41.2. The van der Waals surface area contributed by atoms with E-state index in [9.17, 15) is 19.5 Å². The van der Waals surface area contributed by atoms with Crippen LogP contribution >= 0.6 is 11.6 Å². The van der Waals surface area contributed by atoms with Crippen molar-refractivity contribution in [2.45, 2.75) is 66.2 Å². The number of halogens is 1. The minimum absolute atomic E-state index is 0.0743. The molecule has 1 aromatic rings. The molecule has 0 unspecified atom stereocenters. The van der Waals surface area contributed by atoms with Gasteiger partial charge in [-0.1, -0.05) is 39.3 Å². The largest absolute Gasteiger partial charge is 0.493 e. The summed E-state index contributed by atoms with van der Waals surface area (Å²) in [6, 6.07) is 3.52. The van der Waals surface area contributed by atoms with Crippen LogP contribution in [0.2, 0.25) is 5.02 Å². The first-order chi connectivity index (χ1) is 16.8. The van der Waals surface area contributed by atoms with Gasteiger partial charge in [0.05, 0.1) is 18.7 Å². The zero-order valence-electron chi connectivity index (χ0n) is 21.8. The number of carboxylic acids is 1. The van der Waals surface area contributed by atoms with E-state index in [0.717, 1.165) is 0 Å². The van der Waals surface area contributed by atoms with Crippen LogP contribution in [-0.4, -0.2) is 47.8 Å². The van der Waals surface area contributed by atoms with Crippen molar-refractivity contribution in [3.05, 3.63) is 45.3 Å². The number of Topliss-reactive ketones (excluding diaryl/α,β-unsaturated/α-hetero) is 2. The van der Waals surface area contributed by atoms with Crippen molar-refractivity contribution in [2.75, 3.05) is 20.3 Å². The molecule has 0 saturated carbocycles. The Balaban J connectivity index is 2.03. The molecule has 1 aliphatic heterocycles. The molecule has 3 aliphatic rings. The van der Waals surface area contributed by atoms with Gasteiger partial charge in [-0.3, -0.25) is 14.4 Å². The predicted molar refractivity (Wildman–Crippen MR) is 136 cm³/mol. The van der Waals surface area contributed by atoms with E-state index < -0.39 is 11.9 Å². The van der Waals surface area contributed by atoms with Gasteiger partial charge in [-0.05, 0) is 48.3 Å². The summed E-state index contributed by atoms with van der Waals surface area (Å²) in [5.41, 5.74) is 2.36. The van der Waals surface area contributed by atoms with Gasteiger partial charge in [0.15, 0.2) is 23.1 Å². The molecular weight excluding hydrogens is 482 g/mol. The van der Waals surface area contributed by atoms with Crippen LogP contribution in [0.5, 0.6) is 11.5 Å². The lowest BCUT2D eigenvalue weighted by Crippen LogP contribution is -2.45. The maximum Gasteiger partial charge on any atom is 0.323 e. The third-order valence-electron chi connectivity index (χ3n) is 7.19. The van der Waals surface area contributed by atoms with E-state index in [-0.39, 0.29) is 28.9 Å². The number of hydrogen-bond acceptors (Lipinski definition) is 6. The quantitative estimate of drug-likeness (QED) is 0.533. The minimum Gasteiger partial charge on any atom is -0.493 e. The molecule has 194 valence electrons. The van der Waals surface area contributed by atoms with Gasteiger partial charge in [0.1, 0.15) is 6.54 Å². The topological polar surface area (TPSA) is 93.1 Å².